The van der Waals surface area contributed by atoms with Gasteiger partial charge in [-0.25, -0.2) is 0 Å². The Balaban J connectivity index is 2.75. The van der Waals surface area contributed by atoms with Gasteiger partial charge in [-0.15, -0.1) is 0 Å². The molecule has 1 heterocycles. The molecule has 0 aliphatic carbocycles. The summed E-state index contributed by atoms with van der Waals surface area (Å²) >= 11 is 2.74. The van der Waals surface area contributed by atoms with E-state index in [1.807, 2.05) is 0 Å². The van der Waals surface area contributed by atoms with Crippen molar-refractivity contribution in [3.63, 3.8) is 0 Å². The van der Waals surface area contributed by atoms with Gasteiger partial charge in [-0.1, -0.05) is 0 Å². The first-order chi connectivity index (χ1) is 5.70. The number of carbonyl (C=O) groups is 2. The van der Waals surface area contributed by atoms with Crippen LogP contribution in [0.25, 0.3) is 0 Å². The number of rotatable bonds is 0. The van der Waals surface area contributed by atoms with Gasteiger partial charge in [-0.05, 0) is 0 Å². The monoisotopic (exact) mass is 226 g/mol. The second-order valence-electron chi connectivity index (χ2n) is 2.46. The second kappa shape index (κ2) is 2.44. The Morgan fingerprint density at radius 1 is 1.17 bits per heavy atom. The fourth-order valence-corrected chi connectivity index (χ4v) is 1.78. The van der Waals surface area contributed by atoms with Crippen LogP contribution in [0.1, 0.15) is 20.7 Å². The third kappa shape index (κ3) is 0.891. The molecule has 0 unspecified atom stereocenters. The van der Waals surface area contributed by atoms with E-state index in [9.17, 15) is 9.59 Å². The molecule has 1 radical (unpaired) electrons. The predicted molar refractivity (Wildman–Crippen MR) is 43.6 cm³/mol. The summed E-state index contributed by atoms with van der Waals surface area (Å²) in [7, 11) is 0. The maximum absolute atomic E-state index is 11.1. The zero-order valence-corrected chi connectivity index (χ0v) is 7.67. The van der Waals surface area contributed by atoms with Gasteiger partial charge in [0.1, 0.15) is 0 Å². The summed E-state index contributed by atoms with van der Waals surface area (Å²) in [4.78, 5) is 22.2. The molecule has 1 aliphatic rings. The van der Waals surface area contributed by atoms with Gasteiger partial charge in [0, 0.05) is 0 Å². The summed E-state index contributed by atoms with van der Waals surface area (Å²) in [6, 6.07) is 5.14. The van der Waals surface area contributed by atoms with E-state index in [1.54, 1.807) is 18.2 Å². The first kappa shape index (κ1) is 7.52. The number of fused-ring (bicyclic) bond motifs is 1. The van der Waals surface area contributed by atoms with Crippen LogP contribution in [0.2, 0.25) is 0 Å². The van der Waals surface area contributed by atoms with Gasteiger partial charge in [0.2, 0.25) is 0 Å². The molecule has 0 aromatic heterocycles. The van der Waals surface area contributed by atoms with Crippen LogP contribution in [-0.2, 0) is 0 Å². The number of imide groups is 1. The van der Waals surface area contributed by atoms with Crippen molar-refractivity contribution < 1.29 is 9.59 Å². The Hall–Kier alpha value is -1.12. The molecule has 0 saturated carbocycles. The van der Waals surface area contributed by atoms with Crippen molar-refractivity contribution in [2.24, 2.45) is 0 Å². The number of hydrogen-bond acceptors (Lipinski definition) is 2. The van der Waals surface area contributed by atoms with Gasteiger partial charge in [0.25, 0.3) is 0 Å². The van der Waals surface area contributed by atoms with Crippen LogP contribution < -0.4 is 9.78 Å². The van der Waals surface area contributed by atoms with E-state index in [0.717, 1.165) is 4.46 Å². The Kier molecular flexibility index (Phi) is 1.53. The molecule has 1 aromatic carbocycles. The third-order valence-electron chi connectivity index (χ3n) is 1.72. The molecule has 3 nitrogen and oxygen atoms in total. The van der Waals surface area contributed by atoms with Gasteiger partial charge >= 0.3 is 76.5 Å². The second-order valence-corrected chi connectivity index (χ2v) is 3.38. The Labute approximate surface area is 77.0 Å². The van der Waals surface area contributed by atoms with E-state index in [1.165, 1.54) is 0 Å². The molecule has 2 amide bonds. The molecule has 0 fully saturated rings. The average Bonchev–Trinajstić information content (AvgIpc) is 2.29. The molecule has 0 bridgehead atoms. The fourth-order valence-electron chi connectivity index (χ4n) is 1.19. The van der Waals surface area contributed by atoms with E-state index < -0.39 is 0 Å². The van der Waals surface area contributed by atoms with Crippen molar-refractivity contribution in [1.82, 2.24) is 5.32 Å². The maximum atomic E-state index is 11.1. The molecule has 12 heavy (non-hydrogen) atoms. The SMILES string of the molecule is O=C1NC(=O)c2c([Se])cccc21. The summed E-state index contributed by atoms with van der Waals surface area (Å²) in [6.07, 6.45) is 0. The van der Waals surface area contributed by atoms with Crippen LogP contribution in [0.15, 0.2) is 18.2 Å². The number of nitrogens with one attached hydrogen (secondary N) is 1. The topological polar surface area (TPSA) is 46.2 Å². The molecule has 1 N–H and O–H groups in total. The zero-order chi connectivity index (χ0) is 8.72. The average molecular weight is 225 g/mol. The summed E-state index contributed by atoms with van der Waals surface area (Å²) in [5, 5.41) is 2.23. The fraction of sp³-hybridized carbons (Fsp3) is 0. The van der Waals surface area contributed by atoms with Crippen molar-refractivity contribution in [3.8, 4) is 0 Å². The molecule has 0 spiro atoms. The van der Waals surface area contributed by atoms with Gasteiger partial charge in [-0.3, -0.25) is 0 Å². The molecule has 1 aliphatic heterocycles. The van der Waals surface area contributed by atoms with E-state index in [0.29, 0.717) is 11.1 Å². The molecule has 0 saturated heterocycles. The number of hydrogen-bond donors (Lipinski definition) is 1. The molecule has 1 aromatic rings. The van der Waals surface area contributed by atoms with Crippen molar-refractivity contribution in [3.05, 3.63) is 29.3 Å². The molecule has 2 rings (SSSR count). The molecule has 4 heteroatoms. The van der Waals surface area contributed by atoms with Crippen LogP contribution in [0.5, 0.6) is 0 Å². The third-order valence-corrected chi connectivity index (χ3v) is 2.44. The first-order valence-corrected chi connectivity index (χ1v) is 4.21. The molecular weight excluding hydrogens is 221 g/mol. The van der Waals surface area contributed by atoms with Crippen molar-refractivity contribution in [2.75, 3.05) is 0 Å². The van der Waals surface area contributed by atoms with Crippen LogP contribution in [0, 0.1) is 0 Å². The van der Waals surface area contributed by atoms with E-state index >= 15 is 0 Å². The van der Waals surface area contributed by atoms with E-state index in [2.05, 4.69) is 21.3 Å². The minimum atomic E-state index is -0.315. The summed E-state index contributed by atoms with van der Waals surface area (Å²) in [5.74, 6) is -0.628. The quantitative estimate of drug-likeness (QED) is 0.471. The van der Waals surface area contributed by atoms with Gasteiger partial charge < -0.3 is 0 Å². The van der Waals surface area contributed by atoms with Crippen molar-refractivity contribution in [2.45, 2.75) is 0 Å². The van der Waals surface area contributed by atoms with Gasteiger partial charge in [-0.2, -0.15) is 0 Å². The predicted octanol–water partition coefficient (Wildman–Crippen LogP) is -0.636. The van der Waals surface area contributed by atoms with Crippen LogP contribution in [0.4, 0.5) is 0 Å². The normalized spacial score (nSPS) is 14.3. The molecular formula is C8H4NO2Se. The van der Waals surface area contributed by atoms with Crippen molar-refractivity contribution >= 4 is 32.3 Å². The summed E-state index contributed by atoms with van der Waals surface area (Å²) in [5.41, 5.74) is 0.916. The first-order valence-electron chi connectivity index (χ1n) is 3.36. The van der Waals surface area contributed by atoms with Gasteiger partial charge in [0.05, 0.1) is 0 Å². The van der Waals surface area contributed by atoms with E-state index in [-0.39, 0.29) is 11.8 Å². The van der Waals surface area contributed by atoms with Crippen molar-refractivity contribution in [1.29, 1.82) is 0 Å². The number of carbonyl (C=O) groups excluding carboxylic acids is 2. The van der Waals surface area contributed by atoms with E-state index in [4.69, 9.17) is 0 Å². The van der Waals surface area contributed by atoms with Crippen LogP contribution >= 0.6 is 0 Å². The number of benzene rings is 1. The summed E-state index contributed by atoms with van der Waals surface area (Å²) < 4.78 is 0.718. The standard InChI is InChI=1S/C8H4NO2Se/c10-7-4-2-1-3-5(12)6(4)8(11)9-7/h1-3H,(H,9,10,11). The molecule has 59 valence electrons. The van der Waals surface area contributed by atoms with Crippen LogP contribution in [0.3, 0.4) is 0 Å². The Bertz CT molecular complexity index is 387. The Morgan fingerprint density at radius 3 is 2.58 bits per heavy atom. The van der Waals surface area contributed by atoms with Crippen LogP contribution in [-0.4, -0.2) is 27.8 Å². The van der Waals surface area contributed by atoms with Gasteiger partial charge in [0.15, 0.2) is 0 Å². The number of amides is 2. The zero-order valence-electron chi connectivity index (χ0n) is 5.96. The summed E-state index contributed by atoms with van der Waals surface area (Å²) in [6.45, 7) is 0. The minimum absolute atomic E-state index is 0.313. The molecule has 0 atom stereocenters. The Morgan fingerprint density at radius 2 is 1.92 bits per heavy atom.